The number of thiazole rings is 1. The van der Waals surface area contributed by atoms with Gasteiger partial charge in [-0.05, 0) is 70.0 Å². The first-order valence-corrected chi connectivity index (χ1v) is 11.5. The van der Waals surface area contributed by atoms with Gasteiger partial charge in [0.15, 0.2) is 5.60 Å². The van der Waals surface area contributed by atoms with Crippen LogP contribution in [0.1, 0.15) is 55.0 Å². The van der Waals surface area contributed by atoms with Crippen LogP contribution < -0.4 is 9.47 Å². The van der Waals surface area contributed by atoms with Gasteiger partial charge in [0, 0.05) is 5.56 Å². The largest absolute Gasteiger partial charge is 0.485 e. The Hall–Kier alpha value is -3.07. The summed E-state index contributed by atoms with van der Waals surface area (Å²) in [7, 11) is 0. The highest BCUT2D eigenvalue weighted by Crippen LogP contribution is 2.38. The number of nitrogens with zero attached hydrogens (tertiary/aromatic N) is 1. The molecule has 0 saturated heterocycles. The van der Waals surface area contributed by atoms with Crippen LogP contribution in [-0.4, -0.2) is 21.7 Å². The highest BCUT2D eigenvalue weighted by atomic mass is 32.1. The van der Waals surface area contributed by atoms with Crippen LogP contribution in [0, 0.1) is 13.8 Å². The van der Waals surface area contributed by atoms with Crippen LogP contribution in [0.3, 0.4) is 0 Å². The Kier molecular flexibility index (Phi) is 7.26. The van der Waals surface area contributed by atoms with Gasteiger partial charge in [-0.15, -0.1) is 11.3 Å². The Morgan fingerprint density at radius 2 is 1.76 bits per heavy atom. The van der Waals surface area contributed by atoms with E-state index in [2.05, 4.69) is 4.98 Å². The van der Waals surface area contributed by atoms with Crippen molar-refractivity contribution in [2.24, 2.45) is 0 Å². The van der Waals surface area contributed by atoms with Gasteiger partial charge in [0.25, 0.3) is 0 Å². The van der Waals surface area contributed by atoms with Gasteiger partial charge >= 0.3 is 12.1 Å². The van der Waals surface area contributed by atoms with Gasteiger partial charge in [0.1, 0.15) is 22.6 Å². The molecule has 0 aliphatic carbocycles. The Morgan fingerprint density at radius 1 is 1.12 bits per heavy atom. The van der Waals surface area contributed by atoms with E-state index >= 15 is 0 Å². The number of halogens is 3. The lowest BCUT2D eigenvalue weighted by Gasteiger charge is -2.23. The lowest BCUT2D eigenvalue weighted by atomic mass is 10.1. The maximum atomic E-state index is 12.9. The SMILES string of the molecule is CC[C@H](Oc1ccc(OC(C)(C)C(=O)O)c(C)c1)c1sc(-c2ccc(C(F)(F)F)cc2)nc1C. The molecule has 0 fully saturated rings. The number of rotatable bonds is 8. The molecule has 0 amide bonds. The Bertz CT molecular complexity index is 1170. The van der Waals surface area contributed by atoms with E-state index in [1.165, 1.54) is 37.3 Å². The first-order chi connectivity index (χ1) is 15.8. The zero-order valence-corrected chi connectivity index (χ0v) is 20.3. The van der Waals surface area contributed by atoms with Gasteiger partial charge in [-0.25, -0.2) is 9.78 Å². The van der Waals surface area contributed by atoms with E-state index in [1.807, 2.05) is 20.8 Å². The second-order valence-electron chi connectivity index (χ2n) is 8.40. The summed E-state index contributed by atoms with van der Waals surface area (Å²) in [5, 5.41) is 9.90. The average molecular weight is 494 g/mol. The number of aryl methyl sites for hydroxylation is 2. The molecule has 0 saturated carbocycles. The third kappa shape index (κ3) is 5.70. The van der Waals surface area contributed by atoms with Crippen molar-refractivity contribution in [1.82, 2.24) is 4.98 Å². The third-order valence-corrected chi connectivity index (χ3v) is 6.56. The molecule has 0 aliphatic rings. The minimum Gasteiger partial charge on any atom is -0.485 e. The molecule has 3 rings (SSSR count). The summed E-state index contributed by atoms with van der Waals surface area (Å²) in [5.41, 5.74) is 0.0301. The van der Waals surface area contributed by atoms with Crippen LogP contribution in [0.25, 0.3) is 10.6 Å². The second kappa shape index (κ2) is 9.66. The molecule has 1 aromatic heterocycles. The summed E-state index contributed by atoms with van der Waals surface area (Å²) in [5.74, 6) is -0.0251. The van der Waals surface area contributed by atoms with Gasteiger partial charge in [-0.2, -0.15) is 13.2 Å². The van der Waals surface area contributed by atoms with Crippen molar-refractivity contribution < 1.29 is 32.5 Å². The number of carboxylic acid groups (broad SMARTS) is 1. The van der Waals surface area contributed by atoms with Crippen LogP contribution >= 0.6 is 11.3 Å². The Labute approximate surface area is 200 Å². The summed E-state index contributed by atoms with van der Waals surface area (Å²) >= 11 is 1.39. The lowest BCUT2D eigenvalue weighted by Crippen LogP contribution is -2.38. The molecule has 34 heavy (non-hydrogen) atoms. The zero-order valence-electron chi connectivity index (χ0n) is 19.5. The topological polar surface area (TPSA) is 68.7 Å². The minimum atomic E-state index is -4.38. The monoisotopic (exact) mass is 493 g/mol. The molecule has 0 unspecified atom stereocenters. The number of aliphatic carboxylic acids is 1. The lowest BCUT2D eigenvalue weighted by molar-refractivity contribution is -0.152. The van der Waals surface area contributed by atoms with Gasteiger partial charge in [-0.1, -0.05) is 19.1 Å². The number of carbonyl (C=O) groups is 1. The average Bonchev–Trinajstić information content (AvgIpc) is 3.14. The first kappa shape index (κ1) is 25.6. The second-order valence-corrected chi connectivity index (χ2v) is 9.43. The maximum absolute atomic E-state index is 12.9. The number of hydrogen-bond donors (Lipinski definition) is 1. The van der Waals surface area contributed by atoms with E-state index in [1.54, 1.807) is 18.2 Å². The van der Waals surface area contributed by atoms with Crippen LogP contribution in [0.15, 0.2) is 42.5 Å². The molecule has 0 radical (unpaired) electrons. The molecule has 5 nitrogen and oxygen atoms in total. The van der Waals surface area contributed by atoms with Crippen LogP contribution in [0.2, 0.25) is 0 Å². The highest BCUT2D eigenvalue weighted by Gasteiger charge is 2.31. The number of ether oxygens (including phenoxy) is 2. The van der Waals surface area contributed by atoms with Crippen molar-refractivity contribution in [3.63, 3.8) is 0 Å². The van der Waals surface area contributed by atoms with Crippen molar-refractivity contribution in [2.45, 2.75) is 58.9 Å². The predicted octanol–water partition coefficient (Wildman–Crippen LogP) is 7.22. The van der Waals surface area contributed by atoms with Crippen molar-refractivity contribution in [2.75, 3.05) is 0 Å². The molecular weight excluding hydrogens is 467 g/mol. The van der Waals surface area contributed by atoms with E-state index in [0.29, 0.717) is 28.5 Å². The molecular formula is C25H26F3NO4S. The minimum absolute atomic E-state index is 0.303. The number of hydrogen-bond acceptors (Lipinski definition) is 5. The van der Waals surface area contributed by atoms with Crippen LogP contribution in [0.5, 0.6) is 11.5 Å². The summed E-state index contributed by atoms with van der Waals surface area (Å²) in [6, 6.07) is 10.1. The molecule has 1 heterocycles. The number of benzene rings is 2. The molecule has 1 N–H and O–H groups in total. The number of alkyl halides is 3. The summed E-state index contributed by atoms with van der Waals surface area (Å²) in [6.07, 6.45) is -4.03. The van der Waals surface area contributed by atoms with E-state index in [0.717, 1.165) is 28.3 Å². The summed E-state index contributed by atoms with van der Waals surface area (Å²) in [4.78, 5) is 16.8. The molecule has 3 aromatic rings. The van der Waals surface area contributed by atoms with E-state index in [4.69, 9.17) is 9.47 Å². The van der Waals surface area contributed by atoms with E-state index < -0.39 is 23.3 Å². The standard InChI is InChI=1S/C25H26F3NO4S/c1-6-19(32-18-11-12-20(14(2)13-18)33-24(4,5)23(30)31)21-15(3)29-22(34-21)16-7-9-17(10-8-16)25(26,27)28/h7-13,19H,6H2,1-5H3,(H,30,31)/t19-/m0/s1. The molecule has 1 atom stereocenters. The van der Waals surface area contributed by atoms with Crippen LogP contribution in [0.4, 0.5) is 13.2 Å². The van der Waals surface area contributed by atoms with Crippen molar-refractivity contribution in [3.05, 3.63) is 64.2 Å². The first-order valence-electron chi connectivity index (χ1n) is 10.7. The van der Waals surface area contributed by atoms with Crippen molar-refractivity contribution in [1.29, 1.82) is 0 Å². The smallest absolute Gasteiger partial charge is 0.416 e. The number of aromatic nitrogens is 1. The maximum Gasteiger partial charge on any atom is 0.416 e. The number of carboxylic acids is 1. The Morgan fingerprint density at radius 3 is 2.29 bits per heavy atom. The van der Waals surface area contributed by atoms with Crippen LogP contribution in [-0.2, 0) is 11.0 Å². The molecule has 0 bridgehead atoms. The summed E-state index contributed by atoms with van der Waals surface area (Å²) < 4.78 is 50.4. The molecule has 0 spiro atoms. The molecule has 182 valence electrons. The summed E-state index contributed by atoms with van der Waals surface area (Å²) in [6.45, 7) is 8.59. The molecule has 2 aromatic carbocycles. The molecule has 9 heteroatoms. The van der Waals surface area contributed by atoms with Gasteiger partial charge in [-0.3, -0.25) is 0 Å². The fraction of sp³-hybridized carbons (Fsp3) is 0.360. The fourth-order valence-corrected chi connectivity index (χ4v) is 4.43. The zero-order chi connectivity index (χ0) is 25.3. The fourth-order valence-electron chi connectivity index (χ4n) is 3.25. The Balaban J connectivity index is 1.80. The van der Waals surface area contributed by atoms with Gasteiger partial charge < -0.3 is 14.6 Å². The van der Waals surface area contributed by atoms with E-state index in [9.17, 15) is 23.1 Å². The van der Waals surface area contributed by atoms with Gasteiger partial charge in [0.2, 0.25) is 0 Å². The molecule has 0 aliphatic heterocycles. The predicted molar refractivity (Wildman–Crippen MR) is 124 cm³/mol. The quantitative estimate of drug-likeness (QED) is 0.359. The highest BCUT2D eigenvalue weighted by molar-refractivity contribution is 7.15. The third-order valence-electron chi connectivity index (χ3n) is 5.26. The van der Waals surface area contributed by atoms with Crippen molar-refractivity contribution in [3.8, 4) is 22.1 Å². The van der Waals surface area contributed by atoms with Gasteiger partial charge in [0.05, 0.1) is 16.1 Å². The van der Waals surface area contributed by atoms with E-state index in [-0.39, 0.29) is 6.10 Å². The van der Waals surface area contributed by atoms with Crippen molar-refractivity contribution >= 4 is 17.3 Å². The normalized spacial score (nSPS) is 12.9.